The molecule has 0 bridgehead atoms. The van der Waals surface area contributed by atoms with Gasteiger partial charge in [-0.1, -0.05) is 42.5 Å². The summed E-state index contributed by atoms with van der Waals surface area (Å²) in [4.78, 5) is 37.5. The summed E-state index contributed by atoms with van der Waals surface area (Å²) in [5.74, 6) is -1.74. The lowest BCUT2D eigenvalue weighted by molar-refractivity contribution is -0.152. The zero-order chi connectivity index (χ0) is 21.8. The molecule has 2 aliphatic rings. The number of rotatable bonds is 6. The predicted molar refractivity (Wildman–Crippen MR) is 114 cm³/mol. The first-order valence-corrected chi connectivity index (χ1v) is 10.3. The monoisotopic (exact) mass is 420 g/mol. The summed E-state index contributed by atoms with van der Waals surface area (Å²) < 4.78 is 10.6. The molecule has 0 fully saturated rings. The van der Waals surface area contributed by atoms with E-state index in [1.165, 1.54) is 12.5 Å². The van der Waals surface area contributed by atoms with E-state index in [9.17, 15) is 14.4 Å². The number of esters is 1. The molecule has 0 saturated carbocycles. The second-order valence-corrected chi connectivity index (χ2v) is 7.61. The van der Waals surface area contributed by atoms with E-state index < -0.39 is 23.8 Å². The van der Waals surface area contributed by atoms with Gasteiger partial charge in [0.15, 0.2) is 18.3 Å². The largest absolute Gasteiger partial charge is 0.470 e. The number of Topliss-reactive ketones (excluding diaryl/α,β-unsaturated/α-hetero) is 1. The smallest absolute Gasteiger partial charge is 0.348 e. The number of hydrogen-bond donors (Lipinski definition) is 2. The van der Waals surface area contributed by atoms with Gasteiger partial charge in [0.05, 0.1) is 6.04 Å². The van der Waals surface area contributed by atoms with Gasteiger partial charge in [-0.25, -0.2) is 4.79 Å². The summed E-state index contributed by atoms with van der Waals surface area (Å²) in [7, 11) is 0. The molecule has 2 atom stereocenters. The molecule has 2 aromatic rings. The highest BCUT2D eigenvalue weighted by Crippen LogP contribution is 2.29. The summed E-state index contributed by atoms with van der Waals surface area (Å²) in [5.41, 5.74) is 2.77. The van der Waals surface area contributed by atoms with Crippen LogP contribution in [0.1, 0.15) is 36.9 Å². The first kappa shape index (κ1) is 20.7. The Morgan fingerprint density at radius 2 is 1.84 bits per heavy atom. The van der Waals surface area contributed by atoms with Gasteiger partial charge in [0.2, 0.25) is 11.7 Å². The molecule has 31 heavy (non-hydrogen) atoms. The molecule has 2 N–H and O–H groups in total. The molecular formula is C24H24N2O5. The number of ketones is 1. The van der Waals surface area contributed by atoms with E-state index in [1.54, 1.807) is 12.1 Å². The number of aryl methyl sites for hydroxylation is 1. The normalized spacial score (nSPS) is 18.6. The molecule has 2 aromatic carbocycles. The predicted octanol–water partition coefficient (Wildman–Crippen LogP) is 3.03. The van der Waals surface area contributed by atoms with Crippen molar-refractivity contribution in [3.63, 3.8) is 0 Å². The van der Waals surface area contributed by atoms with Gasteiger partial charge in [-0.15, -0.1) is 0 Å². The lowest BCUT2D eigenvalue weighted by Crippen LogP contribution is -2.39. The van der Waals surface area contributed by atoms with Crippen LogP contribution in [0.2, 0.25) is 0 Å². The van der Waals surface area contributed by atoms with Gasteiger partial charge in [0.1, 0.15) is 0 Å². The third kappa shape index (κ3) is 4.60. The first-order valence-electron chi connectivity index (χ1n) is 10.3. The fraction of sp³-hybridized carbons (Fsp3) is 0.292. The van der Waals surface area contributed by atoms with Crippen molar-refractivity contribution in [1.29, 1.82) is 0 Å². The Labute approximate surface area is 180 Å². The molecule has 0 radical (unpaired) electrons. The van der Waals surface area contributed by atoms with E-state index in [0.717, 1.165) is 24.8 Å². The number of benzene rings is 2. The Balaban J connectivity index is 1.42. The van der Waals surface area contributed by atoms with Crippen LogP contribution < -0.4 is 10.6 Å². The summed E-state index contributed by atoms with van der Waals surface area (Å²) in [6.45, 7) is 1.24. The number of fused-ring (bicyclic) bond motifs is 1. The van der Waals surface area contributed by atoms with Crippen molar-refractivity contribution in [2.75, 3.05) is 11.9 Å². The fourth-order valence-corrected chi connectivity index (χ4v) is 3.83. The van der Waals surface area contributed by atoms with E-state index in [-0.39, 0.29) is 24.1 Å². The highest BCUT2D eigenvalue weighted by molar-refractivity contribution is 6.20. The summed E-state index contributed by atoms with van der Waals surface area (Å²) in [6.07, 6.45) is 1.73. The Morgan fingerprint density at radius 3 is 2.65 bits per heavy atom. The zero-order valence-corrected chi connectivity index (χ0v) is 17.2. The Morgan fingerprint density at radius 1 is 1.10 bits per heavy atom. The molecule has 0 saturated heterocycles. The number of hydrogen-bond acceptors (Lipinski definition) is 6. The Kier molecular flexibility index (Phi) is 6.02. The van der Waals surface area contributed by atoms with E-state index >= 15 is 0 Å². The van der Waals surface area contributed by atoms with Crippen molar-refractivity contribution in [3.8, 4) is 0 Å². The number of para-hydroxylation sites is 1. The van der Waals surface area contributed by atoms with Gasteiger partial charge < -0.3 is 20.1 Å². The second-order valence-electron chi connectivity index (χ2n) is 7.61. The standard InChI is InChI=1S/C24H24N2O5/c1-15(22(28)26-19-13-7-9-16-8-5-6-12-18(16)19)31-24(29)21-20(27)14-30-23(21)25-17-10-3-2-4-11-17/h2-6,8,10-12,15,19,25H,7,9,13-14H2,1H3,(H,26,28)/t15-,19-/m1/s1. The molecule has 1 aliphatic heterocycles. The van der Waals surface area contributed by atoms with Crippen LogP contribution in [0.25, 0.3) is 0 Å². The number of carbonyl (C=O) groups excluding carboxylic acids is 3. The van der Waals surface area contributed by atoms with Gasteiger partial charge in [-0.2, -0.15) is 0 Å². The summed E-state index contributed by atoms with van der Waals surface area (Å²) >= 11 is 0. The topological polar surface area (TPSA) is 93.7 Å². The lowest BCUT2D eigenvalue weighted by atomic mass is 9.87. The highest BCUT2D eigenvalue weighted by atomic mass is 16.6. The summed E-state index contributed by atoms with van der Waals surface area (Å²) in [5, 5.41) is 5.89. The Hall–Kier alpha value is -3.61. The molecular weight excluding hydrogens is 396 g/mol. The molecule has 0 aromatic heterocycles. The van der Waals surface area contributed by atoms with Crippen molar-refractivity contribution < 1.29 is 23.9 Å². The molecule has 0 unspecified atom stereocenters. The van der Waals surface area contributed by atoms with Gasteiger partial charge in [0.25, 0.3) is 5.91 Å². The van der Waals surface area contributed by atoms with Crippen LogP contribution in [0.4, 0.5) is 5.69 Å². The van der Waals surface area contributed by atoms with Crippen molar-refractivity contribution >= 4 is 23.3 Å². The molecule has 160 valence electrons. The van der Waals surface area contributed by atoms with Crippen molar-refractivity contribution in [2.45, 2.75) is 38.3 Å². The molecule has 1 aliphatic carbocycles. The molecule has 1 heterocycles. The van der Waals surface area contributed by atoms with Crippen molar-refractivity contribution in [2.24, 2.45) is 0 Å². The average molecular weight is 420 g/mol. The number of ether oxygens (including phenoxy) is 2. The van der Waals surface area contributed by atoms with E-state index in [1.807, 2.05) is 36.4 Å². The van der Waals surface area contributed by atoms with Gasteiger partial charge in [0, 0.05) is 5.69 Å². The average Bonchev–Trinajstić information content (AvgIpc) is 3.14. The lowest BCUT2D eigenvalue weighted by Gasteiger charge is -2.27. The minimum atomic E-state index is -1.06. The van der Waals surface area contributed by atoms with Crippen molar-refractivity contribution in [3.05, 3.63) is 77.2 Å². The molecule has 1 amide bonds. The van der Waals surface area contributed by atoms with Crippen LogP contribution in [0.3, 0.4) is 0 Å². The number of amides is 1. The van der Waals surface area contributed by atoms with Crippen LogP contribution in [0.15, 0.2) is 66.1 Å². The fourth-order valence-electron chi connectivity index (χ4n) is 3.83. The SMILES string of the molecule is C[C@@H](OC(=O)C1=C(Nc2ccccc2)OCC1=O)C(=O)N[C@@H]1CCCc2ccccc21. The van der Waals surface area contributed by atoms with Crippen LogP contribution >= 0.6 is 0 Å². The minimum absolute atomic E-state index is 0.0371. The molecule has 0 spiro atoms. The second kappa shape index (κ2) is 9.04. The molecule has 4 rings (SSSR count). The maximum absolute atomic E-state index is 12.7. The zero-order valence-electron chi connectivity index (χ0n) is 17.2. The van der Waals surface area contributed by atoms with E-state index in [2.05, 4.69) is 16.7 Å². The third-order valence-corrected chi connectivity index (χ3v) is 5.43. The Bertz CT molecular complexity index is 1030. The number of anilines is 1. The van der Waals surface area contributed by atoms with Crippen molar-refractivity contribution in [1.82, 2.24) is 5.32 Å². The number of nitrogens with one attached hydrogen (secondary N) is 2. The van der Waals surface area contributed by atoms with Gasteiger partial charge in [-0.05, 0) is 49.4 Å². The van der Waals surface area contributed by atoms with Crippen LogP contribution in [0.5, 0.6) is 0 Å². The summed E-state index contributed by atoms with van der Waals surface area (Å²) in [6, 6.07) is 16.9. The maximum Gasteiger partial charge on any atom is 0.348 e. The third-order valence-electron chi connectivity index (χ3n) is 5.43. The quantitative estimate of drug-likeness (QED) is 0.551. The molecule has 7 heteroatoms. The molecule has 7 nitrogen and oxygen atoms in total. The van der Waals surface area contributed by atoms with Crippen LogP contribution in [0, 0.1) is 0 Å². The van der Waals surface area contributed by atoms with Gasteiger partial charge >= 0.3 is 5.97 Å². The van der Waals surface area contributed by atoms with E-state index in [0.29, 0.717) is 5.69 Å². The minimum Gasteiger partial charge on any atom is -0.470 e. The first-order chi connectivity index (χ1) is 15.0. The maximum atomic E-state index is 12.7. The van der Waals surface area contributed by atoms with E-state index in [4.69, 9.17) is 9.47 Å². The van der Waals surface area contributed by atoms with Gasteiger partial charge in [-0.3, -0.25) is 9.59 Å². The van der Waals surface area contributed by atoms with Crippen LogP contribution in [-0.2, 0) is 30.3 Å². The highest BCUT2D eigenvalue weighted by Gasteiger charge is 2.34. The number of carbonyl (C=O) groups is 3. The van der Waals surface area contributed by atoms with Crippen LogP contribution in [-0.4, -0.2) is 30.4 Å².